The molecule has 0 aliphatic heterocycles. The van der Waals surface area contributed by atoms with Gasteiger partial charge in [-0.15, -0.1) is 0 Å². The fourth-order valence-electron chi connectivity index (χ4n) is 0.769. The molecule has 0 bridgehead atoms. The van der Waals surface area contributed by atoms with E-state index < -0.39 is 31.1 Å². The van der Waals surface area contributed by atoms with Crippen molar-refractivity contribution < 1.29 is 23.8 Å². The molecule has 1 atom stereocenters. The predicted molar refractivity (Wildman–Crippen MR) is 37.3 cm³/mol. The van der Waals surface area contributed by atoms with Crippen LogP contribution in [0.5, 0.6) is 0 Å². The van der Waals surface area contributed by atoms with E-state index in [0.717, 1.165) is 0 Å². The van der Waals surface area contributed by atoms with Crippen molar-refractivity contribution in [2.45, 2.75) is 25.3 Å². The Bertz CT molecular complexity index is 157. The normalized spacial score (nSPS) is 14.0. The molecular formula is C6H11F2NO3. The van der Waals surface area contributed by atoms with Gasteiger partial charge >= 0.3 is 6.09 Å². The van der Waals surface area contributed by atoms with E-state index in [1.54, 1.807) is 5.32 Å². The highest BCUT2D eigenvalue weighted by Gasteiger charge is 2.27. The highest BCUT2D eigenvalue weighted by atomic mass is 19.3. The third-order valence-corrected chi connectivity index (χ3v) is 1.15. The number of nitrogens with one attached hydrogen (secondary N) is 1. The largest absolute Gasteiger partial charge is 0.465 e. The Morgan fingerprint density at radius 3 is 2.42 bits per heavy atom. The number of aliphatic hydroxyl groups excluding tert-OH is 1. The summed E-state index contributed by atoms with van der Waals surface area (Å²) < 4.78 is 24.5. The Morgan fingerprint density at radius 2 is 2.17 bits per heavy atom. The van der Waals surface area contributed by atoms with E-state index in [1.807, 2.05) is 0 Å². The average Bonchev–Trinajstić information content (AvgIpc) is 1.82. The van der Waals surface area contributed by atoms with Gasteiger partial charge in [0.1, 0.15) is 0 Å². The number of carbonyl (C=O) groups is 1. The fourth-order valence-corrected chi connectivity index (χ4v) is 0.769. The summed E-state index contributed by atoms with van der Waals surface area (Å²) >= 11 is 0. The van der Waals surface area contributed by atoms with Crippen LogP contribution >= 0.6 is 0 Å². The smallest absolute Gasteiger partial charge is 0.404 e. The van der Waals surface area contributed by atoms with Gasteiger partial charge in [-0.2, -0.15) is 0 Å². The zero-order chi connectivity index (χ0) is 9.78. The zero-order valence-electron chi connectivity index (χ0n) is 6.55. The maximum absolute atomic E-state index is 12.3. The average molecular weight is 183 g/mol. The molecule has 12 heavy (non-hydrogen) atoms. The molecule has 0 heterocycles. The van der Waals surface area contributed by atoms with E-state index in [0.29, 0.717) is 6.92 Å². The molecule has 0 spiro atoms. The van der Waals surface area contributed by atoms with Gasteiger partial charge in [0.05, 0.1) is 12.6 Å². The second kappa shape index (κ2) is 4.20. The first-order valence-corrected chi connectivity index (χ1v) is 3.33. The third kappa shape index (κ3) is 5.84. The molecule has 72 valence electrons. The van der Waals surface area contributed by atoms with Crippen molar-refractivity contribution in [2.24, 2.45) is 0 Å². The van der Waals surface area contributed by atoms with E-state index in [1.165, 1.54) is 0 Å². The Balaban J connectivity index is 3.92. The van der Waals surface area contributed by atoms with Crippen molar-refractivity contribution in [3.8, 4) is 0 Å². The zero-order valence-corrected chi connectivity index (χ0v) is 6.55. The minimum Gasteiger partial charge on any atom is -0.465 e. The summed E-state index contributed by atoms with van der Waals surface area (Å²) in [6.07, 6.45) is -2.12. The highest BCUT2D eigenvalue weighted by molar-refractivity contribution is 5.64. The first-order valence-electron chi connectivity index (χ1n) is 3.33. The lowest BCUT2D eigenvalue weighted by Gasteiger charge is -2.18. The lowest BCUT2D eigenvalue weighted by Crippen LogP contribution is -2.40. The molecule has 1 unspecified atom stereocenters. The van der Waals surface area contributed by atoms with Crippen LogP contribution in [-0.4, -0.2) is 34.9 Å². The highest BCUT2D eigenvalue weighted by Crippen LogP contribution is 2.18. The number of hydrogen-bond donors (Lipinski definition) is 3. The van der Waals surface area contributed by atoms with Crippen LogP contribution < -0.4 is 5.32 Å². The number of amides is 1. The van der Waals surface area contributed by atoms with E-state index >= 15 is 0 Å². The summed E-state index contributed by atoms with van der Waals surface area (Å²) in [5, 5.41) is 18.4. The molecule has 0 rings (SSSR count). The molecule has 0 saturated heterocycles. The van der Waals surface area contributed by atoms with Gasteiger partial charge in [-0.25, -0.2) is 13.6 Å². The number of rotatable bonds is 4. The van der Waals surface area contributed by atoms with E-state index in [-0.39, 0.29) is 0 Å². The summed E-state index contributed by atoms with van der Waals surface area (Å²) in [6.45, 7) is 0.0366. The van der Waals surface area contributed by atoms with Gasteiger partial charge in [-0.1, -0.05) is 0 Å². The van der Waals surface area contributed by atoms with Crippen LogP contribution in [0.4, 0.5) is 13.6 Å². The molecule has 0 aliphatic carbocycles. The van der Waals surface area contributed by atoms with Crippen LogP contribution in [0.3, 0.4) is 0 Å². The molecule has 0 aliphatic rings. The summed E-state index contributed by atoms with van der Waals surface area (Å²) in [5.41, 5.74) is 0. The van der Waals surface area contributed by atoms with Crippen molar-refractivity contribution >= 4 is 6.09 Å². The maximum Gasteiger partial charge on any atom is 0.404 e. The van der Waals surface area contributed by atoms with E-state index in [4.69, 9.17) is 10.2 Å². The first kappa shape index (κ1) is 11.1. The lowest BCUT2D eigenvalue weighted by atomic mass is 10.1. The molecule has 0 aromatic carbocycles. The van der Waals surface area contributed by atoms with Crippen LogP contribution in [0, 0.1) is 0 Å². The Hall–Kier alpha value is -0.910. The Kier molecular flexibility index (Phi) is 3.88. The standard InChI is InChI=1S/C6H11F2NO3/c1-6(7,8)2-4(3-10)9-5(11)12/h4,9-10H,2-3H2,1H3,(H,11,12). The molecule has 0 aromatic heterocycles. The van der Waals surface area contributed by atoms with Gasteiger partial charge < -0.3 is 15.5 Å². The summed E-state index contributed by atoms with van der Waals surface area (Å²) in [5.74, 6) is -2.98. The van der Waals surface area contributed by atoms with E-state index in [9.17, 15) is 13.6 Å². The van der Waals surface area contributed by atoms with Gasteiger partial charge in [-0.05, 0) is 6.92 Å². The van der Waals surface area contributed by atoms with Gasteiger partial charge in [-0.3, -0.25) is 0 Å². The molecule has 4 nitrogen and oxygen atoms in total. The molecule has 0 aromatic rings. The molecule has 0 fully saturated rings. The van der Waals surface area contributed by atoms with Crippen molar-refractivity contribution in [3.05, 3.63) is 0 Å². The number of hydrogen-bond acceptors (Lipinski definition) is 2. The number of aliphatic hydroxyl groups is 1. The van der Waals surface area contributed by atoms with Crippen molar-refractivity contribution in [1.82, 2.24) is 5.32 Å². The number of alkyl halides is 2. The molecule has 0 saturated carbocycles. The van der Waals surface area contributed by atoms with Gasteiger partial charge in [0.15, 0.2) is 0 Å². The Labute approximate surface area is 68.2 Å². The lowest BCUT2D eigenvalue weighted by molar-refractivity contribution is -0.00295. The van der Waals surface area contributed by atoms with E-state index in [2.05, 4.69) is 0 Å². The van der Waals surface area contributed by atoms with Crippen LogP contribution in [0.1, 0.15) is 13.3 Å². The SMILES string of the molecule is CC(F)(F)CC(CO)NC(=O)O. The number of halogens is 2. The van der Waals surface area contributed by atoms with Crippen LogP contribution in [0.2, 0.25) is 0 Å². The quantitative estimate of drug-likeness (QED) is 0.599. The van der Waals surface area contributed by atoms with Gasteiger partial charge in [0.25, 0.3) is 0 Å². The van der Waals surface area contributed by atoms with Gasteiger partial charge in [0.2, 0.25) is 5.92 Å². The number of carboxylic acid groups (broad SMARTS) is 1. The molecule has 3 N–H and O–H groups in total. The predicted octanol–water partition coefficient (Wildman–Crippen LogP) is 0.660. The molecule has 6 heteroatoms. The van der Waals surface area contributed by atoms with Crippen LogP contribution in [-0.2, 0) is 0 Å². The molecule has 1 amide bonds. The monoisotopic (exact) mass is 183 g/mol. The van der Waals surface area contributed by atoms with Crippen LogP contribution in [0.25, 0.3) is 0 Å². The second-order valence-corrected chi connectivity index (χ2v) is 2.60. The minimum absolute atomic E-state index is 0.629. The summed E-state index contributed by atoms with van der Waals surface area (Å²) in [6, 6.07) is -1.11. The molecule has 0 radical (unpaired) electrons. The third-order valence-electron chi connectivity index (χ3n) is 1.15. The summed E-state index contributed by atoms with van der Waals surface area (Å²) in [7, 11) is 0. The maximum atomic E-state index is 12.3. The second-order valence-electron chi connectivity index (χ2n) is 2.60. The van der Waals surface area contributed by atoms with Crippen molar-refractivity contribution in [1.29, 1.82) is 0 Å². The van der Waals surface area contributed by atoms with Gasteiger partial charge in [0, 0.05) is 6.42 Å². The topological polar surface area (TPSA) is 69.6 Å². The van der Waals surface area contributed by atoms with Crippen molar-refractivity contribution in [2.75, 3.05) is 6.61 Å². The van der Waals surface area contributed by atoms with Crippen LogP contribution in [0.15, 0.2) is 0 Å². The Morgan fingerprint density at radius 1 is 1.67 bits per heavy atom. The van der Waals surface area contributed by atoms with Crippen molar-refractivity contribution in [3.63, 3.8) is 0 Å². The minimum atomic E-state index is -2.98. The summed E-state index contributed by atoms with van der Waals surface area (Å²) in [4.78, 5) is 9.99. The first-order chi connectivity index (χ1) is 5.35. The molecular weight excluding hydrogens is 172 g/mol. The fraction of sp³-hybridized carbons (Fsp3) is 0.833.